The number of benzene rings is 1. The number of carbonyl (C=O) groups excluding carboxylic acids is 1. The molecule has 19 heavy (non-hydrogen) atoms. The number of ketones is 1. The van der Waals surface area contributed by atoms with Crippen LogP contribution in [0.5, 0.6) is 0 Å². The van der Waals surface area contributed by atoms with E-state index < -0.39 is 0 Å². The number of thioether (sulfide) groups is 1. The van der Waals surface area contributed by atoms with Crippen LogP contribution in [0.4, 0.5) is 0 Å². The predicted octanol–water partition coefficient (Wildman–Crippen LogP) is 4.53. The lowest BCUT2D eigenvalue weighted by Crippen LogP contribution is -2.23. The number of fused-ring (bicyclic) bond motifs is 1. The molecule has 0 bridgehead atoms. The van der Waals surface area contributed by atoms with Gasteiger partial charge in [0.15, 0.2) is 5.78 Å². The highest BCUT2D eigenvalue weighted by atomic mass is 32.2. The van der Waals surface area contributed by atoms with E-state index in [1.54, 1.807) is 11.8 Å². The van der Waals surface area contributed by atoms with Gasteiger partial charge >= 0.3 is 0 Å². The molecule has 1 aromatic carbocycles. The minimum absolute atomic E-state index is 0.0968. The van der Waals surface area contributed by atoms with Crippen molar-refractivity contribution in [3.8, 4) is 0 Å². The van der Waals surface area contributed by atoms with Gasteiger partial charge < -0.3 is 0 Å². The summed E-state index contributed by atoms with van der Waals surface area (Å²) < 4.78 is 0. The van der Waals surface area contributed by atoms with Crippen molar-refractivity contribution in [1.82, 2.24) is 0 Å². The van der Waals surface area contributed by atoms with Gasteiger partial charge in [-0.15, -0.1) is 0 Å². The van der Waals surface area contributed by atoms with Crippen molar-refractivity contribution in [2.45, 2.75) is 38.0 Å². The summed E-state index contributed by atoms with van der Waals surface area (Å²) in [6, 6.07) is 8.44. The molecular formula is C17H18OS. The van der Waals surface area contributed by atoms with E-state index in [0.29, 0.717) is 5.78 Å². The molecule has 0 spiro atoms. The average molecular weight is 270 g/mol. The second kappa shape index (κ2) is 5.01. The van der Waals surface area contributed by atoms with E-state index in [1.807, 2.05) is 0 Å². The summed E-state index contributed by atoms with van der Waals surface area (Å²) in [7, 11) is 0. The summed E-state index contributed by atoms with van der Waals surface area (Å²) in [6.45, 7) is 4.28. The van der Waals surface area contributed by atoms with Gasteiger partial charge in [-0.25, -0.2) is 0 Å². The third-order valence-corrected chi connectivity index (χ3v) is 5.31. The molecule has 1 aromatic rings. The van der Waals surface area contributed by atoms with Gasteiger partial charge in [0, 0.05) is 27.7 Å². The third kappa shape index (κ3) is 2.08. The van der Waals surface area contributed by atoms with Crippen LogP contribution in [0, 0.1) is 5.92 Å². The first-order chi connectivity index (χ1) is 9.24. The Labute approximate surface area is 118 Å². The molecule has 2 heteroatoms. The number of hydrogen-bond acceptors (Lipinski definition) is 2. The smallest absolute Gasteiger partial charge is 0.167 e. The molecule has 1 heterocycles. The SMILES string of the molecule is CCC1=CC(CC)C(=O)C2=C1Sc1ccccc1C2. The maximum atomic E-state index is 12.5. The van der Waals surface area contributed by atoms with Gasteiger partial charge in [0.2, 0.25) is 0 Å². The maximum absolute atomic E-state index is 12.5. The van der Waals surface area contributed by atoms with Gasteiger partial charge in [-0.05, 0) is 30.0 Å². The van der Waals surface area contributed by atoms with Crippen LogP contribution in [0.2, 0.25) is 0 Å². The molecule has 2 aliphatic rings. The van der Waals surface area contributed by atoms with Crippen molar-refractivity contribution in [3.63, 3.8) is 0 Å². The van der Waals surface area contributed by atoms with Crippen molar-refractivity contribution in [3.05, 3.63) is 52.0 Å². The first-order valence-corrected chi connectivity index (χ1v) is 7.80. The van der Waals surface area contributed by atoms with Crippen molar-refractivity contribution in [1.29, 1.82) is 0 Å². The second-order valence-corrected chi connectivity index (χ2v) is 6.17. The molecule has 1 aliphatic heterocycles. The second-order valence-electron chi connectivity index (χ2n) is 5.12. The fourth-order valence-electron chi connectivity index (χ4n) is 2.85. The lowest BCUT2D eigenvalue weighted by molar-refractivity contribution is -0.118. The zero-order chi connectivity index (χ0) is 13.4. The van der Waals surface area contributed by atoms with Gasteiger partial charge in [-0.3, -0.25) is 4.79 Å². The van der Waals surface area contributed by atoms with Gasteiger partial charge in [0.1, 0.15) is 0 Å². The first kappa shape index (κ1) is 12.7. The molecule has 1 unspecified atom stereocenters. The monoisotopic (exact) mass is 270 g/mol. The number of rotatable bonds is 2. The lowest BCUT2D eigenvalue weighted by Gasteiger charge is -2.29. The lowest BCUT2D eigenvalue weighted by atomic mass is 9.83. The number of hydrogen-bond donors (Lipinski definition) is 0. The largest absolute Gasteiger partial charge is 0.294 e. The molecule has 3 rings (SSSR count). The van der Waals surface area contributed by atoms with Crippen molar-refractivity contribution < 1.29 is 4.79 Å². The third-order valence-electron chi connectivity index (χ3n) is 3.97. The Morgan fingerprint density at radius 1 is 1.26 bits per heavy atom. The molecule has 0 amide bonds. The van der Waals surface area contributed by atoms with Crippen molar-refractivity contribution in [2.24, 2.45) is 5.92 Å². The molecule has 1 aliphatic carbocycles. The summed E-state index contributed by atoms with van der Waals surface area (Å²) in [6.07, 6.45) is 4.93. The normalized spacial score (nSPS) is 21.9. The van der Waals surface area contributed by atoms with Crippen molar-refractivity contribution >= 4 is 17.5 Å². The predicted molar refractivity (Wildman–Crippen MR) is 80.2 cm³/mol. The molecule has 0 saturated carbocycles. The van der Waals surface area contributed by atoms with Crippen LogP contribution in [0.1, 0.15) is 32.3 Å². The van der Waals surface area contributed by atoms with Crippen LogP contribution in [0.3, 0.4) is 0 Å². The quantitative estimate of drug-likeness (QED) is 0.785. The van der Waals surface area contributed by atoms with E-state index in [2.05, 4.69) is 44.2 Å². The van der Waals surface area contributed by atoms with Gasteiger partial charge in [-0.2, -0.15) is 0 Å². The van der Waals surface area contributed by atoms with E-state index in [0.717, 1.165) is 24.8 Å². The van der Waals surface area contributed by atoms with Crippen LogP contribution in [0.25, 0.3) is 0 Å². The average Bonchev–Trinajstić information content (AvgIpc) is 2.46. The first-order valence-electron chi connectivity index (χ1n) is 6.98. The molecule has 0 radical (unpaired) electrons. The Bertz CT molecular complexity index is 595. The van der Waals surface area contributed by atoms with Crippen LogP contribution in [-0.2, 0) is 11.2 Å². The Hall–Kier alpha value is -1.28. The number of allylic oxidation sites excluding steroid dienone is 3. The molecule has 0 saturated heterocycles. The van der Waals surface area contributed by atoms with Crippen molar-refractivity contribution in [2.75, 3.05) is 0 Å². The summed E-state index contributed by atoms with van der Waals surface area (Å²) in [4.78, 5) is 15.1. The fourth-order valence-corrected chi connectivity index (χ4v) is 4.13. The number of carbonyl (C=O) groups is 1. The molecular weight excluding hydrogens is 252 g/mol. The topological polar surface area (TPSA) is 17.1 Å². The highest BCUT2D eigenvalue weighted by molar-refractivity contribution is 8.03. The highest BCUT2D eigenvalue weighted by Crippen LogP contribution is 2.46. The van der Waals surface area contributed by atoms with Crippen LogP contribution >= 0.6 is 11.8 Å². The van der Waals surface area contributed by atoms with Crippen LogP contribution in [0.15, 0.2) is 51.3 Å². The van der Waals surface area contributed by atoms with E-state index in [1.165, 1.54) is 20.9 Å². The Balaban J connectivity index is 2.06. The molecule has 0 N–H and O–H groups in total. The number of Topliss-reactive ketones (excluding diaryl/α,β-unsaturated/α-hetero) is 1. The van der Waals surface area contributed by atoms with E-state index in [9.17, 15) is 4.79 Å². The minimum Gasteiger partial charge on any atom is -0.294 e. The minimum atomic E-state index is 0.0968. The fraction of sp³-hybridized carbons (Fsp3) is 0.353. The van der Waals surface area contributed by atoms with E-state index in [4.69, 9.17) is 0 Å². The summed E-state index contributed by atoms with van der Waals surface area (Å²) in [5, 5.41) is 0. The molecule has 98 valence electrons. The van der Waals surface area contributed by atoms with Gasteiger partial charge in [0.25, 0.3) is 0 Å². The zero-order valence-electron chi connectivity index (χ0n) is 11.4. The Morgan fingerprint density at radius 2 is 2.05 bits per heavy atom. The highest BCUT2D eigenvalue weighted by Gasteiger charge is 2.31. The Morgan fingerprint density at radius 3 is 2.79 bits per heavy atom. The summed E-state index contributed by atoms with van der Waals surface area (Å²) in [5.41, 5.74) is 3.71. The Kier molecular flexibility index (Phi) is 3.36. The van der Waals surface area contributed by atoms with E-state index in [-0.39, 0.29) is 5.92 Å². The standard InChI is InChI=1S/C17H18OS/c1-3-11-9-12(4-2)17-14(16(11)18)10-13-7-5-6-8-15(13)19-17/h5-9,11H,3-4,10H2,1-2H3. The van der Waals surface area contributed by atoms with E-state index >= 15 is 0 Å². The van der Waals surface area contributed by atoms with Crippen LogP contribution in [-0.4, -0.2) is 5.78 Å². The molecule has 1 atom stereocenters. The molecule has 0 fully saturated rings. The molecule has 0 aromatic heterocycles. The van der Waals surface area contributed by atoms with Crippen LogP contribution < -0.4 is 0 Å². The van der Waals surface area contributed by atoms with Gasteiger partial charge in [0.05, 0.1) is 0 Å². The van der Waals surface area contributed by atoms with Gasteiger partial charge in [-0.1, -0.05) is 49.9 Å². The zero-order valence-corrected chi connectivity index (χ0v) is 12.2. The summed E-state index contributed by atoms with van der Waals surface area (Å²) in [5.74, 6) is 0.441. The summed E-state index contributed by atoms with van der Waals surface area (Å²) >= 11 is 1.78. The molecule has 1 nitrogen and oxygen atoms in total. The maximum Gasteiger partial charge on any atom is 0.167 e.